The molecule has 0 bridgehead atoms. The van der Waals surface area contributed by atoms with Crippen LogP contribution in [-0.4, -0.2) is 46.7 Å². The average Bonchev–Trinajstić information content (AvgIpc) is 1.63. The molecule has 0 saturated heterocycles. The second kappa shape index (κ2) is 7.25. The molecule has 4 nitrogen and oxygen atoms in total. The molecule has 0 fully saturated rings. The Labute approximate surface area is 77.7 Å². The van der Waals surface area contributed by atoms with E-state index >= 15 is 0 Å². The van der Waals surface area contributed by atoms with Gasteiger partial charge in [-0.05, 0) is 0 Å². The molecule has 0 radical (unpaired) electrons. The first-order valence-electron chi connectivity index (χ1n) is 2.34. The van der Waals surface area contributed by atoms with E-state index in [0.29, 0.717) is 27.9 Å². The van der Waals surface area contributed by atoms with Crippen molar-refractivity contribution in [1.29, 1.82) is 5.26 Å². The van der Waals surface area contributed by atoms with Crippen molar-refractivity contribution in [2.24, 2.45) is 0 Å². The van der Waals surface area contributed by atoms with Crippen LogP contribution in [0.1, 0.15) is 0 Å². The topological polar surface area (TPSA) is 78.2 Å². The fourth-order valence-electron chi connectivity index (χ4n) is 0.149. The summed E-state index contributed by atoms with van der Waals surface area (Å²) in [5.74, 6) is -0.368. The Balaban J connectivity index is 0. The van der Waals surface area contributed by atoms with Crippen molar-refractivity contribution in [1.82, 2.24) is 0 Å². The first-order valence-corrected chi connectivity index (χ1v) is 4.95. The van der Waals surface area contributed by atoms with Gasteiger partial charge < -0.3 is 0 Å². The fourth-order valence-corrected chi connectivity index (χ4v) is 0.447. The number of hydrogen-bond acceptors (Lipinski definition) is 3. The van der Waals surface area contributed by atoms with Crippen LogP contribution >= 0.6 is 0 Å². The second-order valence-corrected chi connectivity index (χ2v) is 3.21. The van der Waals surface area contributed by atoms with Gasteiger partial charge in [0.05, 0.1) is 5.75 Å². The van der Waals surface area contributed by atoms with Crippen molar-refractivity contribution < 1.29 is 13.0 Å². The van der Waals surface area contributed by atoms with Gasteiger partial charge in [-0.1, -0.05) is 6.08 Å². The first kappa shape index (κ1) is 12.8. The van der Waals surface area contributed by atoms with Gasteiger partial charge in [-0.25, -0.2) is 0 Å². The zero-order chi connectivity index (χ0) is 8.62. The van der Waals surface area contributed by atoms with Crippen molar-refractivity contribution >= 4 is 38.0 Å². The number of nitrogens with zero attached hydrogens (tertiary/aromatic N) is 1. The van der Waals surface area contributed by atoms with Crippen LogP contribution in [0.4, 0.5) is 0 Å². The maximum atomic E-state index is 9.72. The normalized spacial score (nSPS) is 8.60. The van der Waals surface area contributed by atoms with Crippen LogP contribution in [0.5, 0.6) is 0 Å². The van der Waals surface area contributed by atoms with Gasteiger partial charge in [0.1, 0.15) is 0 Å². The van der Waals surface area contributed by atoms with E-state index in [1.165, 1.54) is 0 Å². The SMILES string of the molecule is C=CCS(=O)(=O)O.N#[C][Na]. The van der Waals surface area contributed by atoms with Gasteiger partial charge in [-0.15, -0.1) is 6.58 Å². The zero-order valence-electron chi connectivity index (χ0n) is 5.61. The molecule has 0 heterocycles. The quantitative estimate of drug-likeness (QED) is 0.351. The van der Waals surface area contributed by atoms with E-state index in [-0.39, 0.29) is 5.75 Å². The summed E-state index contributed by atoms with van der Waals surface area (Å²) < 4.78 is 29.2. The van der Waals surface area contributed by atoms with E-state index in [2.05, 4.69) is 6.58 Å². The minimum absolute atomic E-state index is 0.368. The molecule has 10 heavy (non-hydrogen) atoms. The van der Waals surface area contributed by atoms with Crippen LogP contribution in [0.2, 0.25) is 0 Å². The molecule has 0 unspecified atom stereocenters. The summed E-state index contributed by atoms with van der Waals surface area (Å²) in [5, 5.41) is 7.38. The molecule has 1 N–H and O–H groups in total. The Morgan fingerprint density at radius 1 is 1.80 bits per heavy atom. The second-order valence-electron chi connectivity index (χ2n) is 1.26. The summed E-state index contributed by atoms with van der Waals surface area (Å²) in [4.78, 5) is 0. The molecule has 0 amide bonds. The van der Waals surface area contributed by atoms with Crippen molar-refractivity contribution in [2.75, 3.05) is 5.75 Å². The Hall–Kier alpha value is 0.140. The van der Waals surface area contributed by atoms with Crippen LogP contribution in [0.15, 0.2) is 12.7 Å². The molecule has 0 saturated carbocycles. The van der Waals surface area contributed by atoms with E-state index in [4.69, 9.17) is 9.81 Å². The Morgan fingerprint density at radius 3 is 2.10 bits per heavy atom. The molecule has 0 spiro atoms. The molecule has 0 aromatic carbocycles. The predicted octanol–water partition coefficient (Wildman–Crippen LogP) is -0.304. The first-order chi connectivity index (χ1) is 4.47. The third-order valence-electron chi connectivity index (χ3n) is 0.328. The van der Waals surface area contributed by atoms with Gasteiger partial charge in [0, 0.05) is 0 Å². The molecule has 0 aliphatic rings. The van der Waals surface area contributed by atoms with Gasteiger partial charge in [-0.2, -0.15) is 8.42 Å². The molecule has 0 aromatic rings. The Bertz CT molecular complexity index is 215. The van der Waals surface area contributed by atoms with Gasteiger partial charge in [0.15, 0.2) is 0 Å². The predicted molar refractivity (Wildman–Crippen MR) is 38.0 cm³/mol. The summed E-state index contributed by atoms with van der Waals surface area (Å²) in [7, 11) is -3.79. The fraction of sp³-hybridized carbons (Fsp3) is 0.250. The van der Waals surface area contributed by atoms with Crippen LogP contribution < -0.4 is 0 Å². The van der Waals surface area contributed by atoms with E-state index < -0.39 is 10.1 Å². The number of rotatable bonds is 2. The molecule has 6 heteroatoms. The monoisotopic (exact) mass is 171 g/mol. The van der Waals surface area contributed by atoms with Gasteiger partial charge in [0.2, 0.25) is 0 Å². The van der Waals surface area contributed by atoms with Crippen molar-refractivity contribution in [3.8, 4) is 3.32 Å². The summed E-state index contributed by atoms with van der Waals surface area (Å²) >= 11 is 0.674. The molecule has 0 aliphatic carbocycles. The van der Waals surface area contributed by atoms with Crippen molar-refractivity contribution in [2.45, 2.75) is 0 Å². The number of hydrogen-bond donors (Lipinski definition) is 1. The van der Waals surface area contributed by atoms with Crippen molar-refractivity contribution in [3.63, 3.8) is 0 Å². The van der Waals surface area contributed by atoms with Crippen molar-refractivity contribution in [3.05, 3.63) is 12.7 Å². The number of nitriles is 1. The van der Waals surface area contributed by atoms with Gasteiger partial charge in [0.25, 0.3) is 10.1 Å². The molecule has 0 atom stereocenters. The van der Waals surface area contributed by atoms with E-state index in [9.17, 15) is 8.42 Å². The summed E-state index contributed by atoms with van der Waals surface area (Å²) in [6, 6.07) is 0. The molecule has 0 aliphatic heterocycles. The third kappa shape index (κ3) is 24.2. The van der Waals surface area contributed by atoms with E-state index in [0.717, 1.165) is 6.08 Å². The van der Waals surface area contributed by atoms with E-state index in [1.54, 1.807) is 0 Å². The summed E-state index contributed by atoms with van der Waals surface area (Å²) in [6.45, 7) is 3.11. The van der Waals surface area contributed by atoms with Crippen LogP contribution in [0, 0.1) is 8.58 Å². The molecular formula is C4H6NNaO3S. The molecule has 0 rings (SSSR count). The van der Waals surface area contributed by atoms with Crippen LogP contribution in [0.25, 0.3) is 0 Å². The molecule has 52 valence electrons. The third-order valence-corrected chi connectivity index (χ3v) is 0.985. The van der Waals surface area contributed by atoms with Crippen LogP contribution in [0.3, 0.4) is 0 Å². The average molecular weight is 171 g/mol. The Kier molecular flexibility index (Phi) is 9.27. The van der Waals surface area contributed by atoms with E-state index in [1.807, 2.05) is 3.32 Å². The minimum atomic E-state index is -3.79. The van der Waals surface area contributed by atoms with Gasteiger partial charge >= 0.3 is 36.5 Å². The van der Waals surface area contributed by atoms with Gasteiger partial charge in [-0.3, -0.25) is 4.55 Å². The Morgan fingerprint density at radius 2 is 2.10 bits per heavy atom. The molecule has 0 aromatic heterocycles. The van der Waals surface area contributed by atoms with Crippen LogP contribution in [-0.2, 0) is 10.1 Å². The maximum absolute atomic E-state index is 9.72. The molecular weight excluding hydrogens is 165 g/mol. The summed E-state index contributed by atoms with van der Waals surface area (Å²) in [5.41, 5.74) is 0. The summed E-state index contributed by atoms with van der Waals surface area (Å²) in [6.07, 6.45) is 1.12. The standard InChI is InChI=1S/C3H6O3S.CN.Na/c1-2-3-7(4,5)6;1-2;/h2H,1,3H2,(H,4,5,6);;. The zero-order valence-corrected chi connectivity index (χ0v) is 8.43.